The molecule has 1 atom stereocenters. The van der Waals surface area contributed by atoms with Gasteiger partial charge in [0.05, 0.1) is 5.56 Å². The Kier molecular flexibility index (Phi) is 4.57. The fourth-order valence-corrected chi connectivity index (χ4v) is 2.75. The molecule has 1 N–H and O–H groups in total. The van der Waals surface area contributed by atoms with Crippen LogP contribution in [-0.4, -0.2) is 22.5 Å². The number of carbonyl (C=O) groups is 2. The maximum atomic E-state index is 12.5. The molecule has 3 rings (SSSR count). The topological polar surface area (TPSA) is 60.3 Å². The molecule has 0 aliphatic carbocycles. The van der Waals surface area contributed by atoms with Gasteiger partial charge in [-0.2, -0.15) is 0 Å². The van der Waals surface area contributed by atoms with Crippen LogP contribution in [0.25, 0.3) is 10.9 Å². The van der Waals surface area contributed by atoms with E-state index in [0.717, 1.165) is 16.5 Å². The van der Waals surface area contributed by atoms with E-state index in [-0.39, 0.29) is 5.91 Å². The highest BCUT2D eigenvalue weighted by Crippen LogP contribution is 2.21. The maximum absolute atomic E-state index is 12.5. The van der Waals surface area contributed by atoms with Gasteiger partial charge in [-0.25, -0.2) is 4.79 Å². The van der Waals surface area contributed by atoms with Gasteiger partial charge in [0, 0.05) is 29.8 Å². The summed E-state index contributed by atoms with van der Waals surface area (Å²) in [5.74, 6) is -0.872. The predicted molar refractivity (Wildman–Crippen MR) is 97.6 cm³/mol. The number of para-hydroxylation sites is 1. The van der Waals surface area contributed by atoms with Crippen LogP contribution in [0.4, 0.5) is 5.69 Å². The molecule has 1 unspecified atom stereocenters. The van der Waals surface area contributed by atoms with Gasteiger partial charge in [-0.05, 0) is 37.6 Å². The molecule has 2 aromatic carbocycles. The van der Waals surface area contributed by atoms with Crippen LogP contribution in [0.1, 0.15) is 22.8 Å². The predicted octanol–water partition coefficient (Wildman–Crippen LogP) is 3.67. The summed E-state index contributed by atoms with van der Waals surface area (Å²) in [6, 6.07) is 15.0. The number of rotatable bonds is 4. The van der Waals surface area contributed by atoms with Crippen molar-refractivity contribution in [3.8, 4) is 0 Å². The number of esters is 1. The summed E-state index contributed by atoms with van der Waals surface area (Å²) in [6.45, 7) is 3.51. The van der Waals surface area contributed by atoms with Crippen molar-refractivity contribution < 1.29 is 14.3 Å². The fraction of sp³-hybridized carbons (Fsp3) is 0.200. The summed E-state index contributed by atoms with van der Waals surface area (Å²) in [4.78, 5) is 24.7. The second-order valence-electron chi connectivity index (χ2n) is 6.08. The molecule has 128 valence electrons. The third kappa shape index (κ3) is 3.55. The Morgan fingerprint density at radius 2 is 1.88 bits per heavy atom. The highest BCUT2D eigenvalue weighted by molar-refractivity contribution is 6.05. The molecule has 0 fully saturated rings. The van der Waals surface area contributed by atoms with Crippen molar-refractivity contribution in [1.82, 2.24) is 4.57 Å². The highest BCUT2D eigenvalue weighted by Gasteiger charge is 2.21. The summed E-state index contributed by atoms with van der Waals surface area (Å²) in [5.41, 5.74) is 3.11. The van der Waals surface area contributed by atoms with Crippen LogP contribution < -0.4 is 5.32 Å². The molecule has 0 aliphatic heterocycles. The molecule has 1 aromatic heterocycles. The second-order valence-corrected chi connectivity index (χ2v) is 6.08. The molecule has 5 nitrogen and oxygen atoms in total. The molecule has 5 heteroatoms. The molecule has 0 bridgehead atoms. The molecule has 3 aromatic rings. The average Bonchev–Trinajstić information content (AvgIpc) is 2.92. The minimum absolute atomic E-state index is 0.362. The van der Waals surface area contributed by atoms with E-state index in [1.54, 1.807) is 19.2 Å². The molecular formula is C20H20N2O3. The smallest absolute Gasteiger partial charge is 0.341 e. The molecule has 0 spiro atoms. The van der Waals surface area contributed by atoms with Crippen molar-refractivity contribution in [2.75, 3.05) is 5.32 Å². The number of ether oxygens (including phenoxy) is 1. The first-order chi connectivity index (χ1) is 12.0. The highest BCUT2D eigenvalue weighted by atomic mass is 16.5. The lowest BCUT2D eigenvalue weighted by molar-refractivity contribution is -0.123. The van der Waals surface area contributed by atoms with Gasteiger partial charge in [-0.3, -0.25) is 4.79 Å². The number of carbonyl (C=O) groups excluding carboxylic acids is 2. The Morgan fingerprint density at radius 1 is 1.12 bits per heavy atom. The number of benzene rings is 2. The second kappa shape index (κ2) is 6.81. The van der Waals surface area contributed by atoms with E-state index in [9.17, 15) is 9.59 Å². The minimum Gasteiger partial charge on any atom is -0.449 e. The number of hydrogen-bond acceptors (Lipinski definition) is 3. The van der Waals surface area contributed by atoms with E-state index in [4.69, 9.17) is 4.74 Å². The maximum Gasteiger partial charge on any atom is 0.341 e. The van der Waals surface area contributed by atoms with Crippen LogP contribution >= 0.6 is 0 Å². The standard InChI is InChI=1S/C20H20N2O3/c1-13-7-6-8-15(11-13)21-19(23)14(2)25-20(24)17-12-22(3)18-10-5-4-9-16(17)18/h4-12,14H,1-3H3,(H,21,23). The number of hydrogen-bond donors (Lipinski definition) is 1. The lowest BCUT2D eigenvalue weighted by Gasteiger charge is -2.13. The van der Waals surface area contributed by atoms with Crippen molar-refractivity contribution in [3.05, 3.63) is 65.9 Å². The number of anilines is 1. The van der Waals surface area contributed by atoms with Crippen molar-refractivity contribution in [1.29, 1.82) is 0 Å². The van der Waals surface area contributed by atoms with Crippen LogP contribution in [-0.2, 0) is 16.6 Å². The number of fused-ring (bicyclic) bond motifs is 1. The molecular weight excluding hydrogens is 316 g/mol. The summed E-state index contributed by atoms with van der Waals surface area (Å²) in [6.07, 6.45) is 0.824. The van der Waals surface area contributed by atoms with E-state index in [0.29, 0.717) is 11.3 Å². The largest absolute Gasteiger partial charge is 0.449 e. The first-order valence-electron chi connectivity index (χ1n) is 8.08. The Labute approximate surface area is 146 Å². The van der Waals surface area contributed by atoms with Gasteiger partial charge in [-0.15, -0.1) is 0 Å². The van der Waals surface area contributed by atoms with Crippen LogP contribution in [0, 0.1) is 6.92 Å². The van der Waals surface area contributed by atoms with Crippen LogP contribution in [0.2, 0.25) is 0 Å². The van der Waals surface area contributed by atoms with Crippen molar-refractivity contribution >= 4 is 28.5 Å². The van der Waals surface area contributed by atoms with Crippen molar-refractivity contribution in [3.63, 3.8) is 0 Å². The van der Waals surface area contributed by atoms with E-state index in [1.165, 1.54) is 0 Å². The molecule has 0 radical (unpaired) electrons. The Morgan fingerprint density at radius 3 is 2.64 bits per heavy atom. The van der Waals surface area contributed by atoms with Gasteiger partial charge in [0.1, 0.15) is 0 Å². The van der Waals surface area contributed by atoms with Crippen molar-refractivity contribution in [2.24, 2.45) is 7.05 Å². The van der Waals surface area contributed by atoms with E-state index >= 15 is 0 Å². The lowest BCUT2D eigenvalue weighted by Crippen LogP contribution is -2.30. The van der Waals surface area contributed by atoms with Crippen LogP contribution in [0.15, 0.2) is 54.7 Å². The lowest BCUT2D eigenvalue weighted by atomic mass is 10.2. The first-order valence-corrected chi connectivity index (χ1v) is 8.08. The summed E-state index contributed by atoms with van der Waals surface area (Å²) in [7, 11) is 1.87. The molecule has 0 aliphatic rings. The Hall–Kier alpha value is -3.08. The number of nitrogens with zero attached hydrogens (tertiary/aromatic N) is 1. The Bertz CT molecular complexity index is 943. The average molecular weight is 336 g/mol. The minimum atomic E-state index is -0.896. The number of amides is 1. The molecule has 1 amide bonds. The molecule has 25 heavy (non-hydrogen) atoms. The quantitative estimate of drug-likeness (QED) is 0.740. The molecule has 1 heterocycles. The Balaban J connectivity index is 1.72. The number of aromatic nitrogens is 1. The third-order valence-corrected chi connectivity index (χ3v) is 4.06. The zero-order chi connectivity index (χ0) is 18.0. The number of nitrogens with one attached hydrogen (secondary N) is 1. The van der Waals surface area contributed by atoms with Gasteiger partial charge in [-0.1, -0.05) is 30.3 Å². The van der Waals surface area contributed by atoms with Crippen LogP contribution in [0.5, 0.6) is 0 Å². The molecule has 0 saturated carbocycles. The van der Waals surface area contributed by atoms with Gasteiger partial charge in [0.15, 0.2) is 6.10 Å². The zero-order valence-electron chi connectivity index (χ0n) is 14.4. The van der Waals surface area contributed by atoms with Gasteiger partial charge < -0.3 is 14.6 Å². The third-order valence-electron chi connectivity index (χ3n) is 4.06. The summed E-state index contributed by atoms with van der Waals surface area (Å²) >= 11 is 0. The van der Waals surface area contributed by atoms with Gasteiger partial charge in [0.25, 0.3) is 5.91 Å². The normalized spacial score (nSPS) is 12.0. The van der Waals surface area contributed by atoms with Crippen LogP contribution in [0.3, 0.4) is 0 Å². The zero-order valence-corrected chi connectivity index (χ0v) is 14.4. The van der Waals surface area contributed by atoms with E-state index in [1.807, 2.05) is 61.0 Å². The molecule has 0 saturated heterocycles. The number of aryl methyl sites for hydroxylation is 2. The first kappa shape index (κ1) is 16.8. The van der Waals surface area contributed by atoms with E-state index in [2.05, 4.69) is 5.32 Å². The monoisotopic (exact) mass is 336 g/mol. The van der Waals surface area contributed by atoms with Gasteiger partial charge >= 0.3 is 5.97 Å². The van der Waals surface area contributed by atoms with E-state index < -0.39 is 12.1 Å². The SMILES string of the molecule is Cc1cccc(NC(=O)C(C)OC(=O)c2cn(C)c3ccccc23)c1. The van der Waals surface area contributed by atoms with Crippen molar-refractivity contribution in [2.45, 2.75) is 20.0 Å². The van der Waals surface area contributed by atoms with Gasteiger partial charge in [0.2, 0.25) is 0 Å². The fourth-order valence-electron chi connectivity index (χ4n) is 2.75. The summed E-state index contributed by atoms with van der Waals surface area (Å²) in [5, 5.41) is 3.57. The summed E-state index contributed by atoms with van der Waals surface area (Å²) < 4.78 is 7.22.